The number of carbonyl (C=O) groups is 2. The molecule has 4 nitrogen and oxygen atoms in total. The van der Waals surface area contributed by atoms with E-state index in [-0.39, 0.29) is 12.6 Å². The van der Waals surface area contributed by atoms with Crippen molar-refractivity contribution in [3.05, 3.63) is 70.6 Å². The largest absolute Gasteiger partial charge is 0.457 e. The van der Waals surface area contributed by atoms with Crippen LogP contribution in [0.4, 0.5) is 0 Å². The van der Waals surface area contributed by atoms with Crippen molar-refractivity contribution in [1.82, 2.24) is 0 Å². The number of hydrogen-bond acceptors (Lipinski definition) is 4. The van der Waals surface area contributed by atoms with Crippen LogP contribution in [0.3, 0.4) is 0 Å². The summed E-state index contributed by atoms with van der Waals surface area (Å²) in [7, 11) is 0. The maximum atomic E-state index is 12.1. The highest BCUT2D eigenvalue weighted by atomic mass is 32.1. The van der Waals surface area contributed by atoms with Crippen LogP contribution < -0.4 is 5.73 Å². The predicted molar refractivity (Wildman–Crippen MR) is 85.9 cm³/mol. The third-order valence-corrected chi connectivity index (χ3v) is 4.33. The maximum absolute atomic E-state index is 12.1. The minimum Gasteiger partial charge on any atom is -0.457 e. The van der Waals surface area contributed by atoms with Gasteiger partial charge in [0.15, 0.2) is 0 Å². The van der Waals surface area contributed by atoms with Crippen molar-refractivity contribution in [2.24, 2.45) is 5.73 Å². The van der Waals surface area contributed by atoms with Crippen LogP contribution in [0.25, 0.3) is 10.1 Å². The first-order chi connectivity index (χ1) is 10.6. The van der Waals surface area contributed by atoms with Crippen LogP contribution in [0.15, 0.2) is 54.6 Å². The van der Waals surface area contributed by atoms with E-state index in [2.05, 4.69) is 0 Å². The van der Waals surface area contributed by atoms with E-state index in [0.717, 1.165) is 15.6 Å². The Bertz CT molecular complexity index is 803. The molecule has 0 unspecified atom stereocenters. The molecule has 2 aromatic carbocycles. The van der Waals surface area contributed by atoms with Crippen LogP contribution in [0.1, 0.15) is 25.6 Å². The molecule has 3 rings (SSSR count). The first kappa shape index (κ1) is 14.3. The van der Waals surface area contributed by atoms with Gasteiger partial charge in [-0.25, -0.2) is 4.79 Å². The van der Waals surface area contributed by atoms with Gasteiger partial charge in [-0.3, -0.25) is 4.79 Å². The average Bonchev–Trinajstić information content (AvgIpc) is 2.97. The minimum atomic E-state index is -0.478. The molecule has 0 radical (unpaired) electrons. The fraction of sp³-hybridized carbons (Fsp3) is 0.0588. The first-order valence-electron chi connectivity index (χ1n) is 6.68. The van der Waals surface area contributed by atoms with Gasteiger partial charge in [0.2, 0.25) is 5.91 Å². The Morgan fingerprint density at radius 1 is 1.05 bits per heavy atom. The highest BCUT2D eigenvalue weighted by molar-refractivity contribution is 7.20. The topological polar surface area (TPSA) is 69.4 Å². The first-order valence-corrected chi connectivity index (χ1v) is 7.49. The van der Waals surface area contributed by atoms with Crippen LogP contribution in [0.5, 0.6) is 0 Å². The second-order valence-corrected chi connectivity index (χ2v) is 5.87. The van der Waals surface area contributed by atoms with Crippen LogP contribution in [0.2, 0.25) is 0 Å². The molecule has 0 spiro atoms. The molecule has 0 bridgehead atoms. The zero-order valence-corrected chi connectivity index (χ0v) is 12.4. The number of primary amides is 1. The molecular weight excluding hydrogens is 298 g/mol. The number of hydrogen-bond donors (Lipinski definition) is 1. The molecule has 0 saturated carbocycles. The summed E-state index contributed by atoms with van der Waals surface area (Å²) in [6, 6.07) is 16.3. The molecule has 0 aliphatic rings. The number of carbonyl (C=O) groups excluding carboxylic acids is 2. The zero-order valence-electron chi connectivity index (χ0n) is 11.6. The van der Waals surface area contributed by atoms with Crippen LogP contribution in [-0.4, -0.2) is 11.9 Å². The molecule has 1 heterocycles. The molecular formula is C17H13NO3S. The highest BCUT2D eigenvalue weighted by Crippen LogP contribution is 2.26. The second-order valence-electron chi connectivity index (χ2n) is 4.79. The Balaban J connectivity index is 1.67. The Labute approximate surface area is 131 Å². The van der Waals surface area contributed by atoms with E-state index in [9.17, 15) is 9.59 Å². The van der Waals surface area contributed by atoms with E-state index in [1.54, 1.807) is 24.3 Å². The molecule has 0 atom stereocenters. The fourth-order valence-electron chi connectivity index (χ4n) is 2.07. The monoisotopic (exact) mass is 311 g/mol. The normalized spacial score (nSPS) is 10.5. The summed E-state index contributed by atoms with van der Waals surface area (Å²) < 4.78 is 6.36. The van der Waals surface area contributed by atoms with Gasteiger partial charge in [-0.1, -0.05) is 30.3 Å². The van der Waals surface area contributed by atoms with E-state index in [0.29, 0.717) is 10.4 Å². The van der Waals surface area contributed by atoms with Gasteiger partial charge >= 0.3 is 5.97 Å². The minimum absolute atomic E-state index is 0.159. The van der Waals surface area contributed by atoms with Crippen molar-refractivity contribution in [2.45, 2.75) is 6.61 Å². The summed E-state index contributed by atoms with van der Waals surface area (Å²) in [5.41, 5.74) is 6.41. The molecule has 0 aliphatic carbocycles. The highest BCUT2D eigenvalue weighted by Gasteiger charge is 2.11. The molecule has 22 heavy (non-hydrogen) atoms. The quantitative estimate of drug-likeness (QED) is 0.751. The van der Waals surface area contributed by atoms with Crippen molar-refractivity contribution in [2.75, 3.05) is 0 Å². The predicted octanol–water partition coefficient (Wildman–Crippen LogP) is 3.36. The summed E-state index contributed by atoms with van der Waals surface area (Å²) in [5, 5.41) is 1.03. The number of ether oxygens (including phenoxy) is 1. The third kappa shape index (κ3) is 2.99. The number of fused-ring (bicyclic) bond motifs is 1. The van der Waals surface area contributed by atoms with Gasteiger partial charge in [0.1, 0.15) is 11.5 Å². The van der Waals surface area contributed by atoms with Gasteiger partial charge in [-0.2, -0.15) is 0 Å². The molecule has 1 amide bonds. The van der Waals surface area contributed by atoms with E-state index in [4.69, 9.17) is 10.5 Å². The fourth-order valence-corrected chi connectivity index (χ4v) is 3.02. The van der Waals surface area contributed by atoms with Crippen LogP contribution in [-0.2, 0) is 11.3 Å². The molecule has 0 fully saturated rings. The van der Waals surface area contributed by atoms with Crippen LogP contribution >= 0.6 is 11.3 Å². The summed E-state index contributed by atoms with van der Waals surface area (Å²) in [6.07, 6.45) is 0. The number of nitrogens with two attached hydrogens (primary N) is 1. The molecule has 5 heteroatoms. The van der Waals surface area contributed by atoms with Gasteiger partial charge in [0.05, 0.1) is 0 Å². The summed E-state index contributed by atoms with van der Waals surface area (Å²) in [5.74, 6) is -0.825. The molecule has 110 valence electrons. The molecule has 2 N–H and O–H groups in total. The van der Waals surface area contributed by atoms with Gasteiger partial charge in [-0.15, -0.1) is 11.3 Å². The van der Waals surface area contributed by atoms with E-state index < -0.39 is 5.91 Å². The van der Waals surface area contributed by atoms with Crippen molar-refractivity contribution < 1.29 is 14.3 Å². The van der Waals surface area contributed by atoms with Gasteiger partial charge in [-0.05, 0) is 35.2 Å². The summed E-state index contributed by atoms with van der Waals surface area (Å²) in [6.45, 7) is 0.159. The lowest BCUT2D eigenvalue weighted by Crippen LogP contribution is -2.10. The van der Waals surface area contributed by atoms with E-state index in [1.807, 2.05) is 30.3 Å². The van der Waals surface area contributed by atoms with Crippen molar-refractivity contribution >= 4 is 33.3 Å². The van der Waals surface area contributed by atoms with Gasteiger partial charge in [0, 0.05) is 10.3 Å². The molecule has 0 aliphatic heterocycles. The Morgan fingerprint density at radius 2 is 1.77 bits per heavy atom. The van der Waals surface area contributed by atoms with E-state index in [1.165, 1.54) is 11.3 Å². The van der Waals surface area contributed by atoms with Crippen LogP contribution in [0, 0.1) is 0 Å². The number of rotatable bonds is 4. The maximum Gasteiger partial charge on any atom is 0.348 e. The molecule has 3 aromatic rings. The SMILES string of the molecule is NC(=O)c1ccc(COC(=O)c2cc3ccccc3s2)cc1. The smallest absolute Gasteiger partial charge is 0.348 e. The number of thiophene rings is 1. The number of benzene rings is 2. The lowest BCUT2D eigenvalue weighted by molar-refractivity contribution is 0.0478. The zero-order chi connectivity index (χ0) is 15.5. The van der Waals surface area contributed by atoms with Gasteiger partial charge in [0.25, 0.3) is 0 Å². The molecule has 1 aromatic heterocycles. The standard InChI is InChI=1S/C17H13NO3S/c18-16(19)12-7-5-11(6-8-12)10-21-17(20)15-9-13-3-1-2-4-14(13)22-15/h1-9H,10H2,(H2,18,19). The number of esters is 1. The Hall–Kier alpha value is -2.66. The van der Waals surface area contributed by atoms with Crippen molar-refractivity contribution in [1.29, 1.82) is 0 Å². The lowest BCUT2D eigenvalue weighted by atomic mass is 10.1. The molecule has 0 saturated heterocycles. The van der Waals surface area contributed by atoms with Crippen molar-refractivity contribution in [3.8, 4) is 0 Å². The third-order valence-electron chi connectivity index (χ3n) is 3.24. The summed E-state index contributed by atoms with van der Waals surface area (Å²) in [4.78, 5) is 23.6. The Morgan fingerprint density at radius 3 is 2.45 bits per heavy atom. The lowest BCUT2D eigenvalue weighted by Gasteiger charge is -2.04. The van der Waals surface area contributed by atoms with Crippen molar-refractivity contribution in [3.63, 3.8) is 0 Å². The Kier molecular flexibility index (Phi) is 3.89. The number of amides is 1. The van der Waals surface area contributed by atoms with Gasteiger partial charge < -0.3 is 10.5 Å². The van der Waals surface area contributed by atoms with E-state index >= 15 is 0 Å². The summed E-state index contributed by atoms with van der Waals surface area (Å²) >= 11 is 1.41. The average molecular weight is 311 g/mol. The second kappa shape index (κ2) is 5.99.